The van der Waals surface area contributed by atoms with E-state index in [1.807, 2.05) is 18.7 Å². The lowest BCUT2D eigenvalue weighted by molar-refractivity contribution is 0.0627. The zero-order chi connectivity index (χ0) is 26.3. The third-order valence-corrected chi connectivity index (χ3v) is 6.52. The van der Waals surface area contributed by atoms with Crippen molar-refractivity contribution in [1.29, 1.82) is 0 Å². The van der Waals surface area contributed by atoms with E-state index in [0.29, 0.717) is 35.1 Å². The van der Waals surface area contributed by atoms with Gasteiger partial charge in [-0.3, -0.25) is 19.5 Å². The van der Waals surface area contributed by atoms with Crippen LogP contribution in [0.15, 0.2) is 35.5 Å². The summed E-state index contributed by atoms with van der Waals surface area (Å²) >= 11 is 6.35. The smallest absolute Gasteiger partial charge is 0.261 e. The van der Waals surface area contributed by atoms with Gasteiger partial charge in [0, 0.05) is 17.3 Å². The molecule has 3 aromatic rings. The lowest BCUT2D eigenvalue weighted by atomic mass is 10.1. The van der Waals surface area contributed by atoms with Gasteiger partial charge in [-0.15, -0.1) is 0 Å². The summed E-state index contributed by atoms with van der Waals surface area (Å²) in [5.41, 5.74) is 9.55. The Morgan fingerprint density at radius 1 is 1.11 bits per heavy atom. The molecule has 1 aromatic carbocycles. The monoisotopic (exact) mass is 521 g/mol. The van der Waals surface area contributed by atoms with Gasteiger partial charge >= 0.3 is 0 Å². The van der Waals surface area contributed by atoms with Crippen molar-refractivity contribution in [3.05, 3.63) is 63.6 Å². The van der Waals surface area contributed by atoms with Crippen molar-refractivity contribution in [2.75, 3.05) is 37.4 Å². The van der Waals surface area contributed by atoms with Crippen molar-refractivity contribution in [2.24, 2.45) is 4.99 Å². The Kier molecular flexibility index (Phi) is 6.38. The third-order valence-electron chi connectivity index (χ3n) is 6.25. The standard InChI is InChI=1S/C25H24ClN7O4/c1-13-10-28-17(14(2)20(13)36-3)11-32-12-18(29-19-21(26)30-25(27)31-22(19)32)37-9-8-33-23(34)15-6-4-5-7-16(15)24(33)35/h4-7,10H,8-9,11-12H2,1-3H3,(H2,27,30,31). The number of halogens is 1. The van der Waals surface area contributed by atoms with E-state index in [9.17, 15) is 9.59 Å². The molecule has 37 heavy (non-hydrogen) atoms. The summed E-state index contributed by atoms with van der Waals surface area (Å²) < 4.78 is 11.5. The van der Waals surface area contributed by atoms with Crippen LogP contribution in [0.5, 0.6) is 5.75 Å². The van der Waals surface area contributed by atoms with Crippen LogP contribution in [0.25, 0.3) is 0 Å². The Balaban J connectivity index is 1.36. The predicted octanol–water partition coefficient (Wildman–Crippen LogP) is 3.10. The summed E-state index contributed by atoms with van der Waals surface area (Å²) in [6.45, 7) is 4.58. The zero-order valence-corrected chi connectivity index (χ0v) is 21.2. The molecule has 11 nitrogen and oxygen atoms in total. The van der Waals surface area contributed by atoms with Gasteiger partial charge in [0.2, 0.25) is 11.8 Å². The SMILES string of the molecule is COc1c(C)cnc(CN2CC(OCCN3C(=O)c4ccccc4C3=O)=Nc3c(Cl)nc(N)nc32)c1C. The molecule has 0 unspecified atom stereocenters. The van der Waals surface area contributed by atoms with Crippen LogP contribution in [-0.2, 0) is 11.3 Å². The fourth-order valence-electron chi connectivity index (χ4n) is 4.46. The molecule has 0 atom stereocenters. The van der Waals surface area contributed by atoms with Gasteiger partial charge in [-0.05, 0) is 26.0 Å². The lowest BCUT2D eigenvalue weighted by Crippen LogP contribution is -2.37. The van der Waals surface area contributed by atoms with Crippen LogP contribution < -0.4 is 15.4 Å². The minimum absolute atomic E-state index is 0.0186. The first-order valence-corrected chi connectivity index (χ1v) is 11.9. The number of fused-ring (bicyclic) bond motifs is 2. The molecule has 0 bridgehead atoms. The summed E-state index contributed by atoms with van der Waals surface area (Å²) in [7, 11) is 1.62. The molecule has 2 aliphatic rings. The van der Waals surface area contributed by atoms with E-state index in [2.05, 4.69) is 19.9 Å². The number of carbonyl (C=O) groups excluding carboxylic acids is 2. The van der Waals surface area contributed by atoms with Crippen LogP contribution in [0.3, 0.4) is 0 Å². The number of imide groups is 1. The highest BCUT2D eigenvalue weighted by Crippen LogP contribution is 2.38. The van der Waals surface area contributed by atoms with Crippen molar-refractivity contribution < 1.29 is 19.1 Å². The number of ether oxygens (including phenoxy) is 2. The number of nitrogens with two attached hydrogens (primary N) is 1. The van der Waals surface area contributed by atoms with E-state index in [0.717, 1.165) is 22.6 Å². The minimum Gasteiger partial charge on any atom is -0.496 e. The molecule has 0 fully saturated rings. The van der Waals surface area contributed by atoms with Gasteiger partial charge in [-0.2, -0.15) is 9.97 Å². The maximum Gasteiger partial charge on any atom is 0.261 e. The summed E-state index contributed by atoms with van der Waals surface area (Å²) in [6, 6.07) is 6.73. The van der Waals surface area contributed by atoms with Gasteiger partial charge < -0.3 is 20.1 Å². The van der Waals surface area contributed by atoms with Crippen LogP contribution >= 0.6 is 11.6 Å². The Hall–Kier alpha value is -4.25. The zero-order valence-electron chi connectivity index (χ0n) is 20.5. The van der Waals surface area contributed by atoms with Crippen LogP contribution in [0, 0.1) is 13.8 Å². The summed E-state index contributed by atoms with van der Waals surface area (Å²) in [5, 5.41) is 0.0832. The van der Waals surface area contributed by atoms with Gasteiger partial charge in [-0.25, -0.2) is 4.99 Å². The van der Waals surface area contributed by atoms with E-state index in [1.54, 1.807) is 37.6 Å². The van der Waals surface area contributed by atoms with E-state index >= 15 is 0 Å². The van der Waals surface area contributed by atoms with E-state index < -0.39 is 0 Å². The van der Waals surface area contributed by atoms with Crippen LogP contribution in [0.2, 0.25) is 5.15 Å². The Labute approximate surface area is 217 Å². The second-order valence-electron chi connectivity index (χ2n) is 8.61. The Morgan fingerprint density at radius 3 is 2.49 bits per heavy atom. The summed E-state index contributed by atoms with van der Waals surface area (Å²) in [4.78, 5) is 45.8. The molecule has 2 N–H and O–H groups in total. The average molecular weight is 522 g/mol. The highest BCUT2D eigenvalue weighted by molar-refractivity contribution is 6.32. The Bertz CT molecular complexity index is 1420. The molecule has 5 rings (SSSR count). The van der Waals surface area contributed by atoms with Crippen LogP contribution in [0.4, 0.5) is 17.5 Å². The molecule has 0 radical (unpaired) electrons. The number of benzene rings is 1. The van der Waals surface area contributed by atoms with E-state index in [-0.39, 0.29) is 42.6 Å². The number of methoxy groups -OCH3 is 1. The number of aliphatic imine (C=N–C) groups is 1. The number of hydrogen-bond donors (Lipinski definition) is 1. The number of aryl methyl sites for hydroxylation is 1. The first kappa shape index (κ1) is 24.4. The number of amides is 2. The number of rotatable bonds is 6. The predicted molar refractivity (Wildman–Crippen MR) is 138 cm³/mol. The lowest BCUT2D eigenvalue weighted by Gasteiger charge is -2.30. The fourth-order valence-corrected chi connectivity index (χ4v) is 4.68. The third kappa shape index (κ3) is 4.42. The molecule has 2 aliphatic heterocycles. The summed E-state index contributed by atoms with van der Waals surface area (Å²) in [6.07, 6.45) is 1.75. The van der Waals surface area contributed by atoms with Gasteiger partial charge in [0.05, 0.1) is 43.6 Å². The summed E-state index contributed by atoms with van der Waals surface area (Å²) in [5.74, 6) is 0.868. The molecule has 0 saturated carbocycles. The molecule has 0 saturated heterocycles. The highest BCUT2D eigenvalue weighted by Gasteiger charge is 2.35. The van der Waals surface area contributed by atoms with E-state index in [4.69, 9.17) is 26.8 Å². The normalized spacial score (nSPS) is 14.4. The average Bonchev–Trinajstić information content (AvgIpc) is 3.11. The number of hydrogen-bond acceptors (Lipinski definition) is 10. The number of pyridine rings is 1. The molecule has 0 aliphatic carbocycles. The second-order valence-corrected chi connectivity index (χ2v) is 8.97. The van der Waals surface area contributed by atoms with Crippen molar-refractivity contribution in [1.82, 2.24) is 19.9 Å². The molecular weight excluding hydrogens is 498 g/mol. The number of anilines is 2. The van der Waals surface area contributed by atoms with Gasteiger partial charge in [0.15, 0.2) is 11.0 Å². The first-order valence-electron chi connectivity index (χ1n) is 11.5. The van der Waals surface area contributed by atoms with Crippen LogP contribution in [0.1, 0.15) is 37.5 Å². The van der Waals surface area contributed by atoms with Crippen molar-refractivity contribution in [3.63, 3.8) is 0 Å². The second kappa shape index (κ2) is 9.66. The number of aromatic nitrogens is 3. The molecule has 0 spiro atoms. The maximum atomic E-state index is 12.6. The quantitative estimate of drug-likeness (QED) is 0.383. The topological polar surface area (TPSA) is 136 Å². The molecular formula is C25H24ClN7O4. The van der Waals surface area contributed by atoms with Gasteiger partial charge in [0.1, 0.15) is 18.0 Å². The Morgan fingerprint density at radius 2 is 1.81 bits per heavy atom. The number of nitrogen functional groups attached to an aromatic ring is 1. The molecule has 2 amide bonds. The molecule has 4 heterocycles. The van der Waals surface area contributed by atoms with E-state index in [1.165, 1.54) is 4.90 Å². The number of carbonyl (C=O) groups is 2. The van der Waals surface area contributed by atoms with Crippen molar-refractivity contribution in [3.8, 4) is 5.75 Å². The van der Waals surface area contributed by atoms with Crippen molar-refractivity contribution in [2.45, 2.75) is 20.4 Å². The van der Waals surface area contributed by atoms with Crippen LogP contribution in [-0.4, -0.2) is 64.4 Å². The highest BCUT2D eigenvalue weighted by atomic mass is 35.5. The maximum absolute atomic E-state index is 12.6. The van der Waals surface area contributed by atoms with Gasteiger partial charge in [-0.1, -0.05) is 23.7 Å². The minimum atomic E-state index is -0.344. The number of nitrogens with zero attached hydrogens (tertiary/aromatic N) is 6. The van der Waals surface area contributed by atoms with Crippen molar-refractivity contribution >= 4 is 46.8 Å². The largest absolute Gasteiger partial charge is 0.496 e. The molecule has 2 aromatic heterocycles. The molecule has 190 valence electrons. The molecule has 12 heteroatoms. The fraction of sp³-hybridized carbons (Fsp3) is 0.280. The van der Waals surface area contributed by atoms with Gasteiger partial charge in [0.25, 0.3) is 11.8 Å². The first-order chi connectivity index (χ1) is 17.8.